The number of carbonyl (C=O) groups excluding carboxylic acids is 1. The van der Waals surface area contributed by atoms with Gasteiger partial charge in [0.25, 0.3) is 0 Å². The molecule has 8 atom stereocenters. The van der Waals surface area contributed by atoms with Crippen molar-refractivity contribution in [3.05, 3.63) is 30.6 Å². The highest BCUT2D eigenvalue weighted by Gasteiger charge is 2.60. The number of aromatic nitrogens is 2. The fourth-order valence-electron chi connectivity index (χ4n) is 7.26. The van der Waals surface area contributed by atoms with Crippen molar-refractivity contribution in [2.24, 2.45) is 34.5 Å². The van der Waals surface area contributed by atoms with Gasteiger partial charge >= 0.3 is 6.01 Å². The normalized spacial score (nSPS) is 46.9. The lowest BCUT2D eigenvalue weighted by molar-refractivity contribution is -0.124. The first kappa shape index (κ1) is 18.1. The van der Waals surface area contributed by atoms with Crippen molar-refractivity contribution in [1.29, 1.82) is 0 Å². The Hall–Kier alpha value is -1.91. The summed E-state index contributed by atoms with van der Waals surface area (Å²) < 4.78 is 6.20. The number of nitrogens with zero attached hydrogens (tertiary/aromatic N) is 2. The SMILES string of the molecule is CC1CC2NC(=O)C=C[C@]2(C)[C@@H]2CC[C@]3(C)CC(Oc4ncccn4)C[C@H]3[C@H]12. The van der Waals surface area contributed by atoms with Gasteiger partial charge in [0.05, 0.1) is 0 Å². The molecule has 28 heavy (non-hydrogen) atoms. The maximum absolute atomic E-state index is 12.0. The van der Waals surface area contributed by atoms with Crippen LogP contribution < -0.4 is 10.1 Å². The van der Waals surface area contributed by atoms with E-state index in [-0.39, 0.29) is 23.5 Å². The third-order valence-electron chi connectivity index (χ3n) is 8.60. The molecule has 1 amide bonds. The quantitative estimate of drug-likeness (QED) is 0.847. The summed E-state index contributed by atoms with van der Waals surface area (Å²) in [4.78, 5) is 20.5. The van der Waals surface area contributed by atoms with Gasteiger partial charge in [-0.15, -0.1) is 0 Å². The molecule has 0 aromatic carbocycles. The summed E-state index contributed by atoms with van der Waals surface area (Å²) in [7, 11) is 0. The second-order valence-electron chi connectivity index (χ2n) is 10.2. The maximum atomic E-state index is 12.0. The van der Waals surface area contributed by atoms with Crippen LogP contribution >= 0.6 is 0 Å². The second-order valence-corrected chi connectivity index (χ2v) is 10.2. The van der Waals surface area contributed by atoms with E-state index >= 15 is 0 Å². The Kier molecular flexibility index (Phi) is 4.08. The van der Waals surface area contributed by atoms with Crippen LogP contribution in [0, 0.1) is 34.5 Å². The Morgan fingerprint density at radius 1 is 1.18 bits per heavy atom. The van der Waals surface area contributed by atoms with Crippen LogP contribution in [0.1, 0.15) is 52.9 Å². The van der Waals surface area contributed by atoms with E-state index in [2.05, 4.69) is 42.1 Å². The lowest BCUT2D eigenvalue weighted by Crippen LogP contribution is -2.61. The van der Waals surface area contributed by atoms with Gasteiger partial charge in [-0.2, -0.15) is 0 Å². The molecule has 0 spiro atoms. The van der Waals surface area contributed by atoms with Gasteiger partial charge in [-0.25, -0.2) is 9.97 Å². The predicted octanol–water partition coefficient (Wildman–Crippen LogP) is 3.77. The van der Waals surface area contributed by atoms with Crippen molar-refractivity contribution < 1.29 is 9.53 Å². The smallest absolute Gasteiger partial charge is 0.316 e. The average Bonchev–Trinajstić information content (AvgIpc) is 3.00. The summed E-state index contributed by atoms with van der Waals surface area (Å²) in [5, 5.41) is 3.27. The topological polar surface area (TPSA) is 64.1 Å². The highest BCUT2D eigenvalue weighted by Crippen LogP contribution is 2.64. The molecule has 2 heterocycles. The Morgan fingerprint density at radius 3 is 2.75 bits per heavy atom. The first-order valence-electron chi connectivity index (χ1n) is 10.8. The monoisotopic (exact) mass is 381 g/mol. The number of ether oxygens (including phenoxy) is 1. The second kappa shape index (κ2) is 6.30. The first-order chi connectivity index (χ1) is 13.4. The van der Waals surface area contributed by atoms with Gasteiger partial charge in [0.15, 0.2) is 0 Å². The van der Waals surface area contributed by atoms with E-state index in [0.29, 0.717) is 35.1 Å². The number of hydrogen-bond donors (Lipinski definition) is 1. The molecular weight excluding hydrogens is 350 g/mol. The molecule has 5 heteroatoms. The van der Waals surface area contributed by atoms with Crippen molar-refractivity contribution in [3.63, 3.8) is 0 Å². The van der Waals surface area contributed by atoms with E-state index in [1.165, 1.54) is 12.8 Å². The Balaban J connectivity index is 1.42. The van der Waals surface area contributed by atoms with E-state index < -0.39 is 0 Å². The molecule has 0 radical (unpaired) electrons. The van der Waals surface area contributed by atoms with Crippen molar-refractivity contribution in [3.8, 4) is 6.01 Å². The largest absolute Gasteiger partial charge is 0.460 e. The first-order valence-corrected chi connectivity index (χ1v) is 10.8. The molecule has 4 aliphatic rings. The predicted molar refractivity (Wildman–Crippen MR) is 106 cm³/mol. The van der Waals surface area contributed by atoms with Crippen LogP contribution in [-0.2, 0) is 4.79 Å². The standard InChI is InChI=1S/C23H31N3O2/c1-14-11-18-23(3,8-6-19(27)26-18)16-5-7-22(2)13-15(12-17(22)20(14)16)28-21-24-9-4-10-25-21/h4,6,8-10,14-18,20H,5,7,11-13H2,1-3H3,(H,26,27)/t14?,15?,16-,17+,18?,20-,22-,23-/m1/s1. The molecule has 5 nitrogen and oxygen atoms in total. The summed E-state index contributed by atoms with van der Waals surface area (Å²) in [6.07, 6.45) is 13.4. The van der Waals surface area contributed by atoms with Crippen LogP contribution in [0.5, 0.6) is 6.01 Å². The molecule has 1 aromatic rings. The summed E-state index contributed by atoms with van der Waals surface area (Å²) in [5.41, 5.74) is 0.410. The van der Waals surface area contributed by atoms with Crippen LogP contribution in [-0.4, -0.2) is 28.0 Å². The molecule has 3 aliphatic carbocycles. The van der Waals surface area contributed by atoms with E-state index in [0.717, 1.165) is 19.3 Å². The summed E-state index contributed by atoms with van der Waals surface area (Å²) in [5.74, 6) is 2.67. The summed E-state index contributed by atoms with van der Waals surface area (Å²) in [6.45, 7) is 7.26. The molecule has 150 valence electrons. The minimum absolute atomic E-state index is 0.0750. The van der Waals surface area contributed by atoms with Gasteiger partial charge in [0, 0.05) is 23.9 Å². The van der Waals surface area contributed by atoms with E-state index in [4.69, 9.17) is 4.74 Å². The molecule has 3 fully saturated rings. The minimum Gasteiger partial charge on any atom is -0.460 e. The highest BCUT2D eigenvalue weighted by atomic mass is 16.5. The van der Waals surface area contributed by atoms with Gasteiger partial charge in [-0.1, -0.05) is 26.8 Å². The molecule has 1 aromatic heterocycles. The highest BCUT2D eigenvalue weighted by molar-refractivity contribution is 5.89. The minimum atomic E-state index is 0.0750. The molecule has 1 N–H and O–H groups in total. The van der Waals surface area contributed by atoms with Crippen LogP contribution in [0.15, 0.2) is 30.6 Å². The van der Waals surface area contributed by atoms with Crippen LogP contribution in [0.2, 0.25) is 0 Å². The number of nitrogens with one attached hydrogen (secondary N) is 1. The third kappa shape index (κ3) is 2.69. The fourth-order valence-corrected chi connectivity index (χ4v) is 7.26. The summed E-state index contributed by atoms with van der Waals surface area (Å²) in [6, 6.07) is 2.61. The molecule has 3 unspecified atom stereocenters. The number of hydrogen-bond acceptors (Lipinski definition) is 4. The van der Waals surface area contributed by atoms with Crippen molar-refractivity contribution in [1.82, 2.24) is 15.3 Å². The van der Waals surface area contributed by atoms with Crippen LogP contribution in [0.3, 0.4) is 0 Å². The zero-order valence-electron chi connectivity index (χ0n) is 17.1. The van der Waals surface area contributed by atoms with Gasteiger partial charge < -0.3 is 10.1 Å². The zero-order chi connectivity index (χ0) is 19.5. The van der Waals surface area contributed by atoms with Gasteiger partial charge in [0.2, 0.25) is 5.91 Å². The van der Waals surface area contributed by atoms with Crippen molar-refractivity contribution in [2.75, 3.05) is 0 Å². The number of rotatable bonds is 2. The molecule has 0 saturated heterocycles. The molecule has 0 bridgehead atoms. The lowest BCUT2D eigenvalue weighted by atomic mass is 9.46. The maximum Gasteiger partial charge on any atom is 0.316 e. The van der Waals surface area contributed by atoms with Gasteiger partial charge in [0.1, 0.15) is 6.10 Å². The Bertz CT molecular complexity index is 796. The Morgan fingerprint density at radius 2 is 1.96 bits per heavy atom. The van der Waals surface area contributed by atoms with E-state index in [1.54, 1.807) is 18.5 Å². The average molecular weight is 382 g/mol. The fraction of sp³-hybridized carbons (Fsp3) is 0.696. The van der Waals surface area contributed by atoms with Gasteiger partial charge in [-0.05, 0) is 73.3 Å². The summed E-state index contributed by atoms with van der Waals surface area (Å²) >= 11 is 0. The lowest BCUT2D eigenvalue weighted by Gasteiger charge is -2.60. The molecular formula is C23H31N3O2. The van der Waals surface area contributed by atoms with Crippen LogP contribution in [0.25, 0.3) is 0 Å². The van der Waals surface area contributed by atoms with E-state index in [9.17, 15) is 4.79 Å². The Labute approximate surface area is 167 Å². The molecule has 3 saturated carbocycles. The van der Waals surface area contributed by atoms with Gasteiger partial charge in [-0.3, -0.25) is 4.79 Å². The number of amides is 1. The number of fused-ring (bicyclic) bond motifs is 5. The van der Waals surface area contributed by atoms with Crippen LogP contribution in [0.4, 0.5) is 0 Å². The zero-order valence-corrected chi connectivity index (χ0v) is 17.1. The van der Waals surface area contributed by atoms with E-state index in [1.807, 2.05) is 6.07 Å². The van der Waals surface area contributed by atoms with Crippen molar-refractivity contribution >= 4 is 5.91 Å². The molecule has 5 rings (SSSR count). The molecule has 1 aliphatic heterocycles. The van der Waals surface area contributed by atoms with Crippen molar-refractivity contribution in [2.45, 2.75) is 65.0 Å². The third-order valence-corrected chi connectivity index (χ3v) is 8.60. The number of carbonyl (C=O) groups is 1.